The van der Waals surface area contributed by atoms with Gasteiger partial charge in [0.1, 0.15) is 0 Å². The van der Waals surface area contributed by atoms with Crippen LogP contribution in [0.15, 0.2) is 23.1 Å². The minimum Gasteiger partial charge on any atom is -0.388 e. The smallest absolute Gasteiger partial charge is 0.178 e. The van der Waals surface area contributed by atoms with E-state index < -0.39 is 15.9 Å². The van der Waals surface area contributed by atoms with Gasteiger partial charge in [0.15, 0.2) is 9.84 Å². The standard InChI is InChI=1S/C16H26N2O3S/c1-3-22(20,21)16-5-4-13(2)12-14(16)15(19)6-9-18-10-7-17-8-11-18/h4-5,12,15,17,19H,3,6-11H2,1-2H3. The zero-order valence-corrected chi connectivity index (χ0v) is 14.2. The first-order valence-electron chi connectivity index (χ1n) is 7.88. The van der Waals surface area contributed by atoms with Crippen LogP contribution in [0.1, 0.15) is 30.6 Å². The van der Waals surface area contributed by atoms with Crippen molar-refractivity contribution in [2.24, 2.45) is 0 Å². The largest absolute Gasteiger partial charge is 0.388 e. The van der Waals surface area contributed by atoms with Crippen molar-refractivity contribution in [3.05, 3.63) is 29.3 Å². The fraction of sp³-hybridized carbons (Fsp3) is 0.625. The van der Waals surface area contributed by atoms with E-state index in [1.807, 2.05) is 6.92 Å². The van der Waals surface area contributed by atoms with Crippen LogP contribution < -0.4 is 5.32 Å². The molecular weight excluding hydrogens is 300 g/mol. The second-order valence-electron chi connectivity index (χ2n) is 5.84. The number of sulfone groups is 1. The molecule has 1 atom stereocenters. The van der Waals surface area contributed by atoms with Crippen LogP contribution in [0.3, 0.4) is 0 Å². The Morgan fingerprint density at radius 2 is 2.00 bits per heavy atom. The molecule has 5 nitrogen and oxygen atoms in total. The third-order valence-corrected chi connectivity index (χ3v) is 5.97. The molecule has 0 aromatic heterocycles. The topological polar surface area (TPSA) is 69.6 Å². The summed E-state index contributed by atoms with van der Waals surface area (Å²) in [4.78, 5) is 2.57. The summed E-state index contributed by atoms with van der Waals surface area (Å²) in [5.41, 5.74) is 1.50. The van der Waals surface area contributed by atoms with Gasteiger partial charge in [-0.25, -0.2) is 8.42 Å². The average Bonchev–Trinajstić information content (AvgIpc) is 2.53. The molecule has 1 aromatic carbocycles. The lowest BCUT2D eigenvalue weighted by molar-refractivity contribution is 0.134. The zero-order valence-electron chi connectivity index (χ0n) is 13.4. The van der Waals surface area contributed by atoms with Crippen LogP contribution in [-0.4, -0.2) is 56.9 Å². The minimum absolute atomic E-state index is 0.0492. The molecule has 1 unspecified atom stereocenters. The lowest BCUT2D eigenvalue weighted by Gasteiger charge is -2.28. The van der Waals surface area contributed by atoms with Crippen molar-refractivity contribution in [2.75, 3.05) is 38.5 Å². The highest BCUT2D eigenvalue weighted by molar-refractivity contribution is 7.91. The second-order valence-corrected chi connectivity index (χ2v) is 8.09. The highest BCUT2D eigenvalue weighted by Crippen LogP contribution is 2.27. The van der Waals surface area contributed by atoms with E-state index in [0.717, 1.165) is 38.3 Å². The molecule has 0 spiro atoms. The molecule has 124 valence electrons. The van der Waals surface area contributed by atoms with Crippen molar-refractivity contribution < 1.29 is 13.5 Å². The molecule has 0 aliphatic carbocycles. The van der Waals surface area contributed by atoms with Crippen molar-refractivity contribution >= 4 is 9.84 Å². The lowest BCUT2D eigenvalue weighted by atomic mass is 10.0. The average molecular weight is 326 g/mol. The number of benzene rings is 1. The Bertz CT molecular complexity index is 595. The van der Waals surface area contributed by atoms with E-state index in [1.165, 1.54) is 0 Å². The van der Waals surface area contributed by atoms with Gasteiger partial charge in [-0.3, -0.25) is 0 Å². The van der Waals surface area contributed by atoms with E-state index in [-0.39, 0.29) is 10.6 Å². The monoisotopic (exact) mass is 326 g/mol. The van der Waals surface area contributed by atoms with Crippen molar-refractivity contribution in [1.29, 1.82) is 0 Å². The summed E-state index contributed by atoms with van der Waals surface area (Å²) < 4.78 is 24.4. The van der Waals surface area contributed by atoms with Gasteiger partial charge in [-0.05, 0) is 25.0 Å². The van der Waals surface area contributed by atoms with E-state index >= 15 is 0 Å². The number of piperazine rings is 1. The number of nitrogens with zero attached hydrogens (tertiary/aromatic N) is 1. The van der Waals surface area contributed by atoms with E-state index in [2.05, 4.69) is 10.2 Å². The van der Waals surface area contributed by atoms with Crippen LogP contribution in [0, 0.1) is 6.92 Å². The first kappa shape index (κ1) is 17.4. The molecule has 1 aromatic rings. The lowest BCUT2D eigenvalue weighted by Crippen LogP contribution is -2.44. The molecule has 1 aliphatic heterocycles. The molecule has 0 radical (unpaired) electrons. The third-order valence-electron chi connectivity index (χ3n) is 4.17. The highest BCUT2D eigenvalue weighted by atomic mass is 32.2. The molecule has 1 aliphatic rings. The summed E-state index contributed by atoms with van der Waals surface area (Å²) in [6.45, 7) is 8.21. The fourth-order valence-electron chi connectivity index (χ4n) is 2.76. The predicted octanol–water partition coefficient (Wildman–Crippen LogP) is 1.12. The van der Waals surface area contributed by atoms with Gasteiger partial charge in [0.2, 0.25) is 0 Å². The normalized spacial score (nSPS) is 18.3. The summed E-state index contributed by atoms with van der Waals surface area (Å²) in [7, 11) is -3.32. The Kier molecular flexibility index (Phi) is 5.97. The fourth-order valence-corrected chi connectivity index (χ4v) is 3.90. The summed E-state index contributed by atoms with van der Waals surface area (Å²) in [5.74, 6) is 0.0492. The van der Waals surface area contributed by atoms with Gasteiger partial charge in [0.05, 0.1) is 16.8 Å². The second kappa shape index (κ2) is 7.55. The quantitative estimate of drug-likeness (QED) is 0.820. The number of aliphatic hydroxyl groups is 1. The predicted molar refractivity (Wildman–Crippen MR) is 87.8 cm³/mol. The molecule has 0 amide bonds. The number of nitrogens with one attached hydrogen (secondary N) is 1. The summed E-state index contributed by atoms with van der Waals surface area (Å²) >= 11 is 0. The first-order valence-corrected chi connectivity index (χ1v) is 9.53. The third kappa shape index (κ3) is 4.29. The van der Waals surface area contributed by atoms with Crippen LogP contribution in [0.5, 0.6) is 0 Å². The molecule has 0 saturated carbocycles. The number of hydrogen-bond acceptors (Lipinski definition) is 5. The Morgan fingerprint density at radius 3 is 2.64 bits per heavy atom. The van der Waals surface area contributed by atoms with Crippen LogP contribution in [0.25, 0.3) is 0 Å². The number of aryl methyl sites for hydroxylation is 1. The van der Waals surface area contributed by atoms with Gasteiger partial charge in [0, 0.05) is 32.7 Å². The molecule has 0 bridgehead atoms. The Morgan fingerprint density at radius 1 is 1.32 bits per heavy atom. The molecule has 22 heavy (non-hydrogen) atoms. The van der Waals surface area contributed by atoms with E-state index in [1.54, 1.807) is 25.1 Å². The molecule has 1 fully saturated rings. The Hall–Kier alpha value is -0.950. The van der Waals surface area contributed by atoms with Crippen molar-refractivity contribution in [2.45, 2.75) is 31.3 Å². The Labute approximate surface area is 133 Å². The maximum Gasteiger partial charge on any atom is 0.178 e. The summed E-state index contributed by atoms with van der Waals surface area (Å²) in [6.07, 6.45) is -0.193. The summed E-state index contributed by atoms with van der Waals surface area (Å²) in [5, 5.41) is 13.8. The number of rotatable bonds is 6. The molecule has 1 saturated heterocycles. The molecule has 6 heteroatoms. The molecule has 1 heterocycles. The van der Waals surface area contributed by atoms with E-state index in [4.69, 9.17) is 0 Å². The van der Waals surface area contributed by atoms with Crippen LogP contribution in [-0.2, 0) is 9.84 Å². The van der Waals surface area contributed by atoms with Crippen molar-refractivity contribution in [1.82, 2.24) is 10.2 Å². The van der Waals surface area contributed by atoms with Gasteiger partial charge in [-0.15, -0.1) is 0 Å². The van der Waals surface area contributed by atoms with Crippen LogP contribution in [0.2, 0.25) is 0 Å². The van der Waals surface area contributed by atoms with Gasteiger partial charge in [-0.1, -0.05) is 24.6 Å². The number of hydrogen-bond donors (Lipinski definition) is 2. The van der Waals surface area contributed by atoms with Gasteiger partial charge >= 0.3 is 0 Å². The van der Waals surface area contributed by atoms with E-state index in [9.17, 15) is 13.5 Å². The van der Waals surface area contributed by atoms with Gasteiger partial charge in [0.25, 0.3) is 0 Å². The van der Waals surface area contributed by atoms with Crippen LogP contribution >= 0.6 is 0 Å². The SMILES string of the molecule is CCS(=O)(=O)c1ccc(C)cc1C(O)CCN1CCNCC1. The first-order chi connectivity index (χ1) is 10.4. The van der Waals surface area contributed by atoms with E-state index in [0.29, 0.717) is 12.0 Å². The van der Waals surface area contributed by atoms with Gasteiger partial charge in [-0.2, -0.15) is 0 Å². The van der Waals surface area contributed by atoms with Crippen molar-refractivity contribution in [3.8, 4) is 0 Å². The number of aliphatic hydroxyl groups excluding tert-OH is 1. The minimum atomic E-state index is -3.32. The Balaban J connectivity index is 2.14. The highest BCUT2D eigenvalue weighted by Gasteiger charge is 2.22. The van der Waals surface area contributed by atoms with Crippen LogP contribution in [0.4, 0.5) is 0 Å². The van der Waals surface area contributed by atoms with Gasteiger partial charge < -0.3 is 15.3 Å². The zero-order chi connectivity index (χ0) is 16.2. The maximum absolute atomic E-state index is 12.2. The summed E-state index contributed by atoms with van der Waals surface area (Å²) in [6, 6.07) is 5.21. The maximum atomic E-state index is 12.2. The molecular formula is C16H26N2O3S. The van der Waals surface area contributed by atoms with Crippen molar-refractivity contribution in [3.63, 3.8) is 0 Å². The molecule has 2 N–H and O–H groups in total. The molecule has 2 rings (SSSR count).